The highest BCUT2D eigenvalue weighted by Gasteiger charge is 2.21. The lowest BCUT2D eigenvalue weighted by molar-refractivity contribution is -0.129. The molecule has 0 radical (unpaired) electrons. The van der Waals surface area contributed by atoms with E-state index < -0.39 is 12.1 Å². The molecule has 0 unspecified atom stereocenters. The monoisotopic (exact) mass is 346 g/mol. The fourth-order valence-electron chi connectivity index (χ4n) is 2.99. The van der Waals surface area contributed by atoms with E-state index in [0.717, 1.165) is 12.8 Å². The van der Waals surface area contributed by atoms with E-state index in [1.54, 1.807) is 25.1 Å². The number of nitrogens with one attached hydrogen (secondary N) is 2. The minimum absolute atomic E-state index is 0.221. The quantitative estimate of drug-likeness (QED) is 0.776. The first-order valence-corrected chi connectivity index (χ1v) is 8.82. The normalized spacial score (nSPS) is 15.9. The van der Waals surface area contributed by atoms with Crippen molar-refractivity contribution in [3.05, 3.63) is 29.8 Å². The average molecular weight is 346 g/mol. The van der Waals surface area contributed by atoms with Gasteiger partial charge in [-0.25, -0.2) is 4.79 Å². The van der Waals surface area contributed by atoms with Gasteiger partial charge in [-0.1, -0.05) is 25.3 Å². The zero-order valence-electron chi connectivity index (χ0n) is 14.8. The molecule has 6 heteroatoms. The fourth-order valence-corrected chi connectivity index (χ4v) is 2.99. The molecule has 1 fully saturated rings. The molecule has 6 nitrogen and oxygen atoms in total. The number of benzene rings is 1. The van der Waals surface area contributed by atoms with Crippen molar-refractivity contribution in [3.63, 3.8) is 0 Å². The summed E-state index contributed by atoms with van der Waals surface area (Å²) in [5.41, 5.74) is 0.800. The van der Waals surface area contributed by atoms with E-state index >= 15 is 0 Å². The first-order valence-electron chi connectivity index (χ1n) is 8.82. The zero-order valence-corrected chi connectivity index (χ0v) is 14.8. The predicted octanol–water partition coefficient (Wildman–Crippen LogP) is 2.89. The molecule has 136 valence electrons. The van der Waals surface area contributed by atoms with Crippen molar-refractivity contribution < 1.29 is 19.1 Å². The van der Waals surface area contributed by atoms with Crippen molar-refractivity contribution in [3.8, 4) is 0 Å². The Labute approximate surface area is 148 Å². The Morgan fingerprint density at radius 1 is 1.20 bits per heavy atom. The van der Waals surface area contributed by atoms with Gasteiger partial charge in [0.15, 0.2) is 6.10 Å². The fraction of sp³-hybridized carbons (Fsp3) is 0.526. The molecule has 1 aliphatic carbocycles. The van der Waals surface area contributed by atoms with E-state index in [9.17, 15) is 14.4 Å². The highest BCUT2D eigenvalue weighted by molar-refractivity contribution is 5.95. The maximum absolute atomic E-state index is 12.2. The van der Waals surface area contributed by atoms with Crippen molar-refractivity contribution in [1.82, 2.24) is 5.32 Å². The summed E-state index contributed by atoms with van der Waals surface area (Å²) in [5, 5.41) is 5.48. The number of hydrogen-bond donors (Lipinski definition) is 2. The highest BCUT2D eigenvalue weighted by Crippen LogP contribution is 2.22. The number of ether oxygens (including phenoxy) is 1. The van der Waals surface area contributed by atoms with E-state index in [1.165, 1.54) is 32.3 Å². The smallest absolute Gasteiger partial charge is 0.338 e. The second kappa shape index (κ2) is 9.20. The number of rotatable bonds is 6. The van der Waals surface area contributed by atoms with Gasteiger partial charge in [0.05, 0.1) is 5.56 Å². The maximum atomic E-state index is 12.2. The standard InChI is InChI=1S/C19H26N2O4/c1-13(18(23)20-12-15-7-4-3-5-8-15)25-19(24)16-9-6-10-17(11-16)21-14(2)22/h6,9-11,13,15H,3-5,7-8,12H2,1-2H3,(H,20,23)(H,21,22)/t13-/m0/s1. The molecule has 2 N–H and O–H groups in total. The van der Waals surface area contributed by atoms with Crippen LogP contribution in [0.3, 0.4) is 0 Å². The molecule has 2 amide bonds. The van der Waals surface area contributed by atoms with E-state index in [1.807, 2.05) is 0 Å². The summed E-state index contributed by atoms with van der Waals surface area (Å²) >= 11 is 0. The van der Waals surface area contributed by atoms with Crippen molar-refractivity contribution >= 4 is 23.5 Å². The lowest BCUT2D eigenvalue weighted by Gasteiger charge is -2.22. The molecule has 1 aromatic rings. The minimum atomic E-state index is -0.861. The van der Waals surface area contributed by atoms with Gasteiger partial charge in [0.1, 0.15) is 0 Å². The van der Waals surface area contributed by atoms with Crippen LogP contribution < -0.4 is 10.6 Å². The summed E-state index contributed by atoms with van der Waals surface area (Å²) in [5.74, 6) is -0.569. The van der Waals surface area contributed by atoms with Gasteiger partial charge < -0.3 is 15.4 Å². The number of hydrogen-bond acceptors (Lipinski definition) is 4. The molecule has 1 atom stereocenters. The van der Waals surface area contributed by atoms with Gasteiger partial charge in [0, 0.05) is 19.2 Å². The Morgan fingerprint density at radius 3 is 2.60 bits per heavy atom. The lowest BCUT2D eigenvalue weighted by atomic mass is 9.89. The van der Waals surface area contributed by atoms with E-state index in [4.69, 9.17) is 4.74 Å². The summed E-state index contributed by atoms with van der Waals surface area (Å²) in [6, 6.07) is 6.44. The van der Waals surface area contributed by atoms with Crippen LogP contribution in [0.1, 0.15) is 56.3 Å². The molecule has 1 aromatic carbocycles. The molecule has 25 heavy (non-hydrogen) atoms. The summed E-state index contributed by atoms with van der Waals surface area (Å²) < 4.78 is 5.23. The Bertz CT molecular complexity index is 624. The molecule has 0 bridgehead atoms. The van der Waals surface area contributed by atoms with Gasteiger partial charge in [0.2, 0.25) is 5.91 Å². The molecular weight excluding hydrogens is 320 g/mol. The van der Waals surface area contributed by atoms with Crippen LogP contribution in [0.25, 0.3) is 0 Å². The maximum Gasteiger partial charge on any atom is 0.338 e. The highest BCUT2D eigenvalue weighted by atomic mass is 16.5. The third-order valence-electron chi connectivity index (χ3n) is 4.36. The van der Waals surface area contributed by atoms with Crippen LogP contribution in [0.2, 0.25) is 0 Å². The number of amides is 2. The van der Waals surface area contributed by atoms with Gasteiger partial charge >= 0.3 is 5.97 Å². The summed E-state index contributed by atoms with van der Waals surface area (Å²) in [4.78, 5) is 35.4. The van der Waals surface area contributed by atoms with Gasteiger partial charge in [-0.2, -0.15) is 0 Å². The SMILES string of the molecule is CC(=O)Nc1cccc(C(=O)O[C@@H](C)C(=O)NCC2CCCCC2)c1. The molecule has 0 aromatic heterocycles. The molecule has 1 aliphatic rings. The molecule has 0 saturated heterocycles. The van der Waals surface area contributed by atoms with Crippen molar-refractivity contribution in [2.75, 3.05) is 11.9 Å². The molecule has 0 spiro atoms. The summed E-state index contributed by atoms with van der Waals surface area (Å²) in [6.07, 6.45) is 5.14. The first-order chi connectivity index (χ1) is 12.0. The number of esters is 1. The van der Waals surface area contributed by atoms with Crippen LogP contribution in [0.5, 0.6) is 0 Å². The Hall–Kier alpha value is -2.37. The van der Waals surface area contributed by atoms with Crippen molar-refractivity contribution in [2.45, 2.75) is 52.1 Å². The van der Waals surface area contributed by atoms with Crippen molar-refractivity contribution in [1.29, 1.82) is 0 Å². The van der Waals surface area contributed by atoms with Gasteiger partial charge in [-0.15, -0.1) is 0 Å². The van der Waals surface area contributed by atoms with Gasteiger partial charge in [0.25, 0.3) is 5.91 Å². The zero-order chi connectivity index (χ0) is 18.2. The largest absolute Gasteiger partial charge is 0.449 e. The van der Waals surface area contributed by atoms with Gasteiger partial charge in [-0.3, -0.25) is 9.59 Å². The van der Waals surface area contributed by atoms with Crippen LogP contribution >= 0.6 is 0 Å². The summed E-state index contributed by atoms with van der Waals surface area (Å²) in [6.45, 7) is 3.59. The van der Waals surface area contributed by atoms with E-state index in [2.05, 4.69) is 10.6 Å². The third-order valence-corrected chi connectivity index (χ3v) is 4.36. The second-order valence-electron chi connectivity index (χ2n) is 6.56. The average Bonchev–Trinajstić information content (AvgIpc) is 2.60. The molecule has 0 heterocycles. The Morgan fingerprint density at radius 2 is 1.92 bits per heavy atom. The summed E-state index contributed by atoms with van der Waals surface area (Å²) in [7, 11) is 0. The second-order valence-corrected chi connectivity index (χ2v) is 6.56. The Balaban J connectivity index is 1.84. The molecular formula is C19H26N2O4. The van der Waals surface area contributed by atoms with E-state index in [0.29, 0.717) is 18.2 Å². The minimum Gasteiger partial charge on any atom is -0.449 e. The molecule has 2 rings (SSSR count). The first kappa shape index (κ1) is 19.0. The van der Waals surface area contributed by atoms with Crippen LogP contribution in [-0.4, -0.2) is 30.4 Å². The number of anilines is 1. The topological polar surface area (TPSA) is 84.5 Å². The number of carbonyl (C=O) groups is 3. The van der Waals surface area contributed by atoms with Crippen molar-refractivity contribution in [2.24, 2.45) is 5.92 Å². The lowest BCUT2D eigenvalue weighted by Crippen LogP contribution is -2.38. The van der Waals surface area contributed by atoms with Crippen LogP contribution in [0.4, 0.5) is 5.69 Å². The van der Waals surface area contributed by atoms with Gasteiger partial charge in [-0.05, 0) is 43.9 Å². The Kier molecular flexibility index (Phi) is 6.98. The number of carbonyl (C=O) groups excluding carboxylic acids is 3. The predicted molar refractivity (Wildman–Crippen MR) is 95.2 cm³/mol. The van der Waals surface area contributed by atoms with Crippen LogP contribution in [0, 0.1) is 5.92 Å². The molecule has 1 saturated carbocycles. The molecule has 0 aliphatic heterocycles. The van der Waals surface area contributed by atoms with Crippen LogP contribution in [-0.2, 0) is 14.3 Å². The third kappa shape index (κ3) is 6.21. The van der Waals surface area contributed by atoms with E-state index in [-0.39, 0.29) is 17.4 Å². The van der Waals surface area contributed by atoms with Crippen LogP contribution in [0.15, 0.2) is 24.3 Å².